The third-order valence-electron chi connectivity index (χ3n) is 5.97. The number of anilines is 1. The predicted molar refractivity (Wildman–Crippen MR) is 130 cm³/mol. The monoisotopic (exact) mass is 565 g/mol. The van der Waals surface area contributed by atoms with Crippen molar-refractivity contribution in [1.82, 2.24) is 10.3 Å². The number of hydrogen-bond acceptors (Lipinski definition) is 2. The molecule has 12 heteroatoms. The van der Waals surface area contributed by atoms with Crippen LogP contribution < -0.4 is 10.6 Å². The van der Waals surface area contributed by atoms with Crippen molar-refractivity contribution >= 4 is 11.7 Å². The SMILES string of the molecule is O=C(Nc1cc(F)cc(F)c1)NC(Cc1ccccc1)(c1cccc(C(F)(F)F)c1)c1ccc(C(F)(F)F)cn1. The highest BCUT2D eigenvalue weighted by Crippen LogP contribution is 2.38. The molecule has 0 aliphatic carbocycles. The van der Waals surface area contributed by atoms with E-state index in [1.165, 1.54) is 6.07 Å². The summed E-state index contributed by atoms with van der Waals surface area (Å²) in [4.78, 5) is 17.1. The fourth-order valence-corrected chi connectivity index (χ4v) is 4.18. The van der Waals surface area contributed by atoms with Crippen molar-refractivity contribution < 1.29 is 39.9 Å². The van der Waals surface area contributed by atoms with E-state index in [4.69, 9.17) is 0 Å². The van der Waals surface area contributed by atoms with E-state index in [1.54, 1.807) is 30.3 Å². The molecule has 4 aromatic rings. The van der Waals surface area contributed by atoms with Gasteiger partial charge in [-0.1, -0.05) is 42.5 Å². The van der Waals surface area contributed by atoms with E-state index in [0.29, 0.717) is 23.9 Å². The maximum Gasteiger partial charge on any atom is 0.417 e. The molecule has 3 aromatic carbocycles. The van der Waals surface area contributed by atoms with Gasteiger partial charge in [-0.2, -0.15) is 26.3 Å². The molecule has 4 nitrogen and oxygen atoms in total. The molecule has 2 amide bonds. The van der Waals surface area contributed by atoms with Crippen LogP contribution in [0.4, 0.5) is 45.6 Å². The summed E-state index contributed by atoms with van der Waals surface area (Å²) in [6.45, 7) is 0. The maximum atomic E-state index is 13.7. The fourth-order valence-electron chi connectivity index (χ4n) is 4.18. The van der Waals surface area contributed by atoms with Crippen molar-refractivity contribution in [3.05, 3.63) is 131 Å². The highest BCUT2D eigenvalue weighted by molar-refractivity contribution is 5.90. The quantitative estimate of drug-likeness (QED) is 0.236. The molecular weight excluding hydrogens is 546 g/mol. The number of nitrogens with one attached hydrogen (secondary N) is 2. The number of rotatable bonds is 6. The van der Waals surface area contributed by atoms with E-state index in [-0.39, 0.29) is 23.4 Å². The van der Waals surface area contributed by atoms with Gasteiger partial charge in [0.1, 0.15) is 17.2 Å². The Bertz CT molecular complexity index is 1470. The summed E-state index contributed by atoms with van der Waals surface area (Å²) in [6, 6.07) is 14.8. The Balaban J connectivity index is 1.90. The number of benzene rings is 3. The summed E-state index contributed by atoms with van der Waals surface area (Å²) >= 11 is 0. The number of halogens is 8. The molecule has 0 aliphatic heterocycles. The van der Waals surface area contributed by atoms with Gasteiger partial charge in [0.05, 0.1) is 16.8 Å². The second kappa shape index (κ2) is 10.9. The van der Waals surface area contributed by atoms with Gasteiger partial charge in [-0.25, -0.2) is 13.6 Å². The number of urea groups is 1. The largest absolute Gasteiger partial charge is 0.417 e. The number of pyridine rings is 1. The topological polar surface area (TPSA) is 54.0 Å². The van der Waals surface area contributed by atoms with Crippen LogP contribution in [0.1, 0.15) is 27.9 Å². The Hall–Kier alpha value is -4.48. The minimum atomic E-state index is -4.79. The van der Waals surface area contributed by atoms with Gasteiger partial charge >= 0.3 is 18.4 Å². The van der Waals surface area contributed by atoms with E-state index in [1.807, 2.05) is 0 Å². The van der Waals surface area contributed by atoms with Crippen LogP contribution in [0.25, 0.3) is 0 Å². The average molecular weight is 565 g/mol. The van der Waals surface area contributed by atoms with Crippen LogP contribution >= 0.6 is 0 Å². The molecule has 1 unspecified atom stereocenters. The van der Waals surface area contributed by atoms with Gasteiger partial charge in [0.2, 0.25) is 0 Å². The summed E-state index contributed by atoms with van der Waals surface area (Å²) in [5.41, 5.74) is -4.37. The summed E-state index contributed by atoms with van der Waals surface area (Å²) < 4.78 is 108. The Morgan fingerprint density at radius 3 is 1.90 bits per heavy atom. The van der Waals surface area contributed by atoms with E-state index in [2.05, 4.69) is 15.6 Å². The zero-order valence-corrected chi connectivity index (χ0v) is 20.2. The molecule has 0 spiro atoms. The number of nitrogens with zero attached hydrogens (tertiary/aromatic N) is 1. The molecule has 0 radical (unpaired) electrons. The minimum absolute atomic E-state index is 0.154. The highest BCUT2D eigenvalue weighted by Gasteiger charge is 2.41. The Morgan fingerprint density at radius 2 is 1.32 bits per heavy atom. The molecule has 1 heterocycles. The molecule has 1 atom stereocenters. The normalized spacial score (nSPS) is 13.4. The molecule has 0 aliphatic rings. The maximum absolute atomic E-state index is 13.7. The Morgan fingerprint density at radius 1 is 0.700 bits per heavy atom. The second-order valence-electron chi connectivity index (χ2n) is 8.81. The van der Waals surface area contributed by atoms with Crippen molar-refractivity contribution in [2.75, 3.05) is 5.32 Å². The number of aromatic nitrogens is 1. The van der Waals surface area contributed by atoms with Crippen molar-refractivity contribution in [2.45, 2.75) is 24.3 Å². The Labute approximate surface area is 222 Å². The minimum Gasteiger partial charge on any atom is -0.322 e. The third kappa shape index (κ3) is 6.56. The molecule has 0 bridgehead atoms. The first-order valence-corrected chi connectivity index (χ1v) is 11.6. The lowest BCUT2D eigenvalue weighted by Crippen LogP contribution is -2.50. The fraction of sp³-hybridized carbons (Fsp3) is 0.143. The van der Waals surface area contributed by atoms with Gasteiger partial charge < -0.3 is 10.6 Å². The number of amides is 2. The first-order valence-electron chi connectivity index (χ1n) is 11.6. The predicted octanol–water partition coefficient (Wildman–Crippen LogP) is 7.71. The summed E-state index contributed by atoms with van der Waals surface area (Å²) in [5.74, 6) is -2.01. The molecule has 40 heavy (non-hydrogen) atoms. The number of carbonyl (C=O) groups is 1. The van der Waals surface area contributed by atoms with Crippen LogP contribution in [-0.2, 0) is 24.3 Å². The molecular formula is C28H19F8N3O. The van der Waals surface area contributed by atoms with Crippen LogP contribution in [0.5, 0.6) is 0 Å². The molecule has 0 saturated carbocycles. The summed E-state index contributed by atoms with van der Waals surface area (Å²) in [6.07, 6.45) is -9.29. The van der Waals surface area contributed by atoms with Crippen LogP contribution in [0, 0.1) is 11.6 Å². The van der Waals surface area contributed by atoms with Gasteiger partial charge in [-0.3, -0.25) is 4.98 Å². The molecule has 0 fully saturated rings. The first kappa shape index (κ1) is 28.5. The van der Waals surface area contributed by atoms with Crippen molar-refractivity contribution in [3.63, 3.8) is 0 Å². The number of hydrogen-bond donors (Lipinski definition) is 2. The average Bonchev–Trinajstić information content (AvgIpc) is 2.87. The summed E-state index contributed by atoms with van der Waals surface area (Å²) in [5, 5.41) is 4.75. The van der Waals surface area contributed by atoms with Crippen LogP contribution in [0.15, 0.2) is 91.1 Å². The van der Waals surface area contributed by atoms with Gasteiger partial charge in [-0.05, 0) is 47.5 Å². The smallest absolute Gasteiger partial charge is 0.322 e. The first-order chi connectivity index (χ1) is 18.8. The van der Waals surface area contributed by atoms with Gasteiger partial charge in [-0.15, -0.1) is 0 Å². The van der Waals surface area contributed by atoms with Gasteiger partial charge in [0, 0.05) is 24.4 Å². The van der Waals surface area contributed by atoms with E-state index >= 15 is 0 Å². The van der Waals surface area contributed by atoms with Crippen molar-refractivity contribution in [2.24, 2.45) is 0 Å². The lowest BCUT2D eigenvalue weighted by atomic mass is 9.79. The van der Waals surface area contributed by atoms with Crippen LogP contribution in [0.2, 0.25) is 0 Å². The summed E-state index contributed by atoms with van der Waals surface area (Å²) in [7, 11) is 0. The lowest BCUT2D eigenvalue weighted by Gasteiger charge is -2.36. The Kier molecular flexibility index (Phi) is 7.81. The third-order valence-corrected chi connectivity index (χ3v) is 5.97. The highest BCUT2D eigenvalue weighted by atomic mass is 19.4. The van der Waals surface area contributed by atoms with Crippen LogP contribution in [-0.4, -0.2) is 11.0 Å². The zero-order valence-electron chi connectivity index (χ0n) is 20.2. The molecule has 0 saturated heterocycles. The van der Waals surface area contributed by atoms with Crippen LogP contribution in [0.3, 0.4) is 0 Å². The molecule has 4 rings (SSSR count). The van der Waals surface area contributed by atoms with Crippen molar-refractivity contribution in [3.8, 4) is 0 Å². The lowest BCUT2D eigenvalue weighted by molar-refractivity contribution is -0.138. The standard InChI is InChI=1S/C28H19F8N3O/c29-21-12-22(30)14-23(13-21)38-25(40)39-26(15-17-5-2-1-3-6-17,18-7-4-8-19(11-18)27(31,32)33)24-10-9-20(16-37-24)28(34,35)36/h1-14,16H,15H2,(H2,38,39,40). The van der Waals surface area contributed by atoms with Gasteiger partial charge in [0.15, 0.2) is 0 Å². The van der Waals surface area contributed by atoms with Gasteiger partial charge in [0.25, 0.3) is 0 Å². The molecule has 1 aromatic heterocycles. The number of carbonyl (C=O) groups excluding carboxylic acids is 1. The van der Waals surface area contributed by atoms with E-state index in [9.17, 15) is 39.9 Å². The van der Waals surface area contributed by atoms with E-state index in [0.717, 1.165) is 36.4 Å². The molecule has 2 N–H and O–H groups in total. The zero-order chi connectivity index (χ0) is 29.1. The second-order valence-corrected chi connectivity index (χ2v) is 8.81. The van der Waals surface area contributed by atoms with Crippen molar-refractivity contribution in [1.29, 1.82) is 0 Å². The van der Waals surface area contributed by atoms with E-state index < -0.39 is 46.7 Å². The molecule has 208 valence electrons. The number of alkyl halides is 6.